The molecule has 1 saturated heterocycles. The minimum Gasteiger partial charge on any atom is -0.341 e. The lowest BCUT2D eigenvalue weighted by Gasteiger charge is -2.41. The van der Waals surface area contributed by atoms with Crippen LogP contribution in [0.15, 0.2) is 23.2 Å². The summed E-state index contributed by atoms with van der Waals surface area (Å²) in [6.07, 6.45) is 11.4. The molecule has 1 saturated carbocycles. The van der Waals surface area contributed by atoms with Crippen molar-refractivity contribution in [3.8, 4) is 0 Å². The quantitative estimate of drug-likeness (QED) is 0.634. The van der Waals surface area contributed by atoms with Crippen LogP contribution in [0.2, 0.25) is 0 Å². The zero-order valence-corrected chi connectivity index (χ0v) is 18.6. The Labute approximate surface area is 179 Å². The molecule has 3 unspecified atom stereocenters. The maximum atomic E-state index is 13.2. The van der Waals surface area contributed by atoms with Gasteiger partial charge in [0.05, 0.1) is 17.8 Å². The van der Waals surface area contributed by atoms with Gasteiger partial charge in [0.2, 0.25) is 11.8 Å². The fourth-order valence-corrected chi connectivity index (χ4v) is 5.01. The van der Waals surface area contributed by atoms with Crippen LogP contribution < -0.4 is 5.32 Å². The van der Waals surface area contributed by atoms with Crippen molar-refractivity contribution in [2.75, 3.05) is 18.4 Å². The van der Waals surface area contributed by atoms with E-state index in [9.17, 15) is 9.59 Å². The number of nitrogens with one attached hydrogen (secondary N) is 1. The van der Waals surface area contributed by atoms with Gasteiger partial charge in [0.25, 0.3) is 0 Å². The van der Waals surface area contributed by atoms with E-state index < -0.39 is 5.41 Å². The number of likely N-dealkylation sites (tertiary alicyclic amines) is 1. The van der Waals surface area contributed by atoms with Crippen molar-refractivity contribution in [2.45, 2.75) is 52.4 Å². The third-order valence-electron chi connectivity index (χ3n) is 6.61. The molecule has 0 bridgehead atoms. The number of amides is 2. The Morgan fingerprint density at radius 1 is 1.38 bits per heavy atom. The van der Waals surface area contributed by atoms with E-state index in [4.69, 9.17) is 0 Å². The van der Waals surface area contributed by atoms with Crippen molar-refractivity contribution in [3.05, 3.63) is 23.2 Å². The molecule has 7 nitrogen and oxygen atoms in total. The highest BCUT2D eigenvalue weighted by Crippen LogP contribution is 2.52. The zero-order chi connectivity index (χ0) is 20.6. The molecule has 0 radical (unpaired) electrons. The molecule has 2 aliphatic rings. The number of nitrogens with zero attached hydrogens (tertiary/aromatic N) is 4. The average molecular weight is 462 g/mol. The van der Waals surface area contributed by atoms with Gasteiger partial charge in [-0.25, -0.2) is 9.97 Å². The van der Waals surface area contributed by atoms with Crippen LogP contribution in [0, 0.1) is 17.3 Å². The van der Waals surface area contributed by atoms with E-state index in [1.165, 1.54) is 0 Å². The maximum Gasteiger partial charge on any atom is 0.233 e. The van der Waals surface area contributed by atoms with Gasteiger partial charge in [-0.15, -0.1) is 0 Å². The van der Waals surface area contributed by atoms with Crippen LogP contribution >= 0.6 is 15.9 Å². The second-order valence-corrected chi connectivity index (χ2v) is 9.38. The molecule has 3 heterocycles. The lowest BCUT2D eigenvalue weighted by molar-refractivity contribution is -0.136. The first-order valence-corrected chi connectivity index (χ1v) is 11.3. The van der Waals surface area contributed by atoms with Gasteiger partial charge in [-0.05, 0) is 41.1 Å². The van der Waals surface area contributed by atoms with Crippen molar-refractivity contribution >= 4 is 39.2 Å². The van der Waals surface area contributed by atoms with E-state index in [-0.39, 0.29) is 23.7 Å². The number of halogens is 1. The molecule has 0 spiro atoms. The minimum absolute atomic E-state index is 0.0156. The Balaban J connectivity index is 1.42. The number of carbonyl (C=O) groups is 2. The Bertz CT molecular complexity index is 929. The van der Waals surface area contributed by atoms with Crippen LogP contribution in [-0.4, -0.2) is 44.2 Å². The number of unbranched alkanes of at least 4 members (excludes halogenated alkanes) is 2. The SMILES string of the molecule is CCCCCC(C)C(=O)N1CC2CCC2(C(=O)Nc2cn3cc(Br)ncc3n2)C1. The summed E-state index contributed by atoms with van der Waals surface area (Å²) in [6, 6.07) is 0. The van der Waals surface area contributed by atoms with Crippen molar-refractivity contribution in [3.63, 3.8) is 0 Å². The lowest BCUT2D eigenvalue weighted by Crippen LogP contribution is -2.49. The van der Waals surface area contributed by atoms with Crippen LogP contribution in [0.5, 0.6) is 0 Å². The Morgan fingerprint density at radius 2 is 2.21 bits per heavy atom. The fraction of sp³-hybridized carbons (Fsp3) is 0.619. The molecule has 1 aliphatic carbocycles. The predicted molar refractivity (Wildman–Crippen MR) is 114 cm³/mol. The molecule has 4 rings (SSSR count). The van der Waals surface area contributed by atoms with E-state index in [1.807, 2.05) is 16.2 Å². The van der Waals surface area contributed by atoms with Gasteiger partial charge >= 0.3 is 0 Å². The summed E-state index contributed by atoms with van der Waals surface area (Å²) >= 11 is 3.34. The van der Waals surface area contributed by atoms with Crippen molar-refractivity contribution in [1.82, 2.24) is 19.3 Å². The highest BCUT2D eigenvalue weighted by atomic mass is 79.9. The van der Waals surface area contributed by atoms with E-state index in [2.05, 4.69) is 38.1 Å². The van der Waals surface area contributed by atoms with E-state index >= 15 is 0 Å². The standard InChI is InChI=1S/C21H28BrN5O2/c1-3-4-5-6-14(2)19(28)27-10-15-7-8-21(15,13-27)20(29)25-17-12-26-11-16(22)23-9-18(26)24-17/h9,11-12,14-15H,3-8,10,13H2,1-2H3,(H,25,29). The molecular formula is C21H28BrN5O2. The number of fused-ring (bicyclic) bond motifs is 2. The summed E-state index contributed by atoms with van der Waals surface area (Å²) in [5.74, 6) is 0.989. The zero-order valence-electron chi connectivity index (χ0n) is 17.0. The third-order valence-corrected chi connectivity index (χ3v) is 7.02. The molecule has 2 aromatic heterocycles. The van der Waals surface area contributed by atoms with Crippen LogP contribution in [0.4, 0.5) is 5.82 Å². The number of hydrogen-bond donors (Lipinski definition) is 1. The van der Waals surface area contributed by atoms with Gasteiger partial charge < -0.3 is 14.6 Å². The van der Waals surface area contributed by atoms with E-state index in [0.717, 1.165) is 38.5 Å². The first-order chi connectivity index (χ1) is 13.9. The highest BCUT2D eigenvalue weighted by molar-refractivity contribution is 9.10. The second kappa shape index (κ2) is 8.05. The summed E-state index contributed by atoms with van der Waals surface area (Å²) in [6.45, 7) is 5.42. The van der Waals surface area contributed by atoms with Gasteiger partial charge in [-0.1, -0.05) is 33.1 Å². The van der Waals surface area contributed by atoms with E-state index in [1.54, 1.807) is 18.6 Å². The van der Waals surface area contributed by atoms with Gasteiger partial charge in [0.1, 0.15) is 4.60 Å². The number of hydrogen-bond acceptors (Lipinski definition) is 4. The molecule has 2 aromatic rings. The molecule has 1 N–H and O–H groups in total. The van der Waals surface area contributed by atoms with Crippen LogP contribution in [0.1, 0.15) is 52.4 Å². The molecule has 2 amide bonds. The Hall–Kier alpha value is -1.96. The lowest BCUT2D eigenvalue weighted by atomic mass is 9.61. The monoisotopic (exact) mass is 461 g/mol. The molecular weight excluding hydrogens is 434 g/mol. The molecule has 156 valence electrons. The summed E-state index contributed by atoms with van der Waals surface area (Å²) in [5, 5.41) is 2.99. The smallest absolute Gasteiger partial charge is 0.233 e. The van der Waals surface area contributed by atoms with Gasteiger partial charge in [0, 0.05) is 25.2 Å². The molecule has 3 atom stereocenters. The topological polar surface area (TPSA) is 79.6 Å². The molecule has 29 heavy (non-hydrogen) atoms. The molecule has 2 fully saturated rings. The second-order valence-electron chi connectivity index (χ2n) is 8.56. The summed E-state index contributed by atoms with van der Waals surface area (Å²) in [5.41, 5.74) is 0.211. The summed E-state index contributed by atoms with van der Waals surface area (Å²) in [7, 11) is 0. The largest absolute Gasteiger partial charge is 0.341 e. The van der Waals surface area contributed by atoms with Crippen LogP contribution in [0.25, 0.3) is 5.65 Å². The number of anilines is 1. The first kappa shape index (κ1) is 20.3. The first-order valence-electron chi connectivity index (χ1n) is 10.5. The summed E-state index contributed by atoms with van der Waals surface area (Å²) < 4.78 is 2.53. The number of imidazole rings is 1. The number of aromatic nitrogens is 3. The van der Waals surface area contributed by atoms with Crippen LogP contribution in [-0.2, 0) is 9.59 Å². The normalized spacial score (nSPS) is 24.2. The van der Waals surface area contributed by atoms with Crippen LogP contribution in [0.3, 0.4) is 0 Å². The number of carbonyl (C=O) groups excluding carboxylic acids is 2. The van der Waals surface area contributed by atoms with E-state index in [0.29, 0.717) is 29.2 Å². The molecule has 1 aliphatic heterocycles. The van der Waals surface area contributed by atoms with Crippen molar-refractivity contribution in [1.29, 1.82) is 0 Å². The number of rotatable bonds is 7. The highest BCUT2D eigenvalue weighted by Gasteiger charge is 2.59. The molecule has 8 heteroatoms. The summed E-state index contributed by atoms with van der Waals surface area (Å²) in [4.78, 5) is 36.6. The maximum absolute atomic E-state index is 13.2. The van der Waals surface area contributed by atoms with Crippen molar-refractivity contribution < 1.29 is 9.59 Å². The van der Waals surface area contributed by atoms with Crippen molar-refractivity contribution in [2.24, 2.45) is 17.3 Å². The predicted octanol–water partition coefficient (Wildman–Crippen LogP) is 3.89. The Morgan fingerprint density at radius 3 is 2.93 bits per heavy atom. The Kier molecular flexibility index (Phi) is 5.64. The fourth-order valence-electron chi connectivity index (χ4n) is 4.69. The molecule has 0 aromatic carbocycles. The average Bonchev–Trinajstić information content (AvgIpc) is 3.19. The van der Waals surface area contributed by atoms with Gasteiger partial charge in [-0.2, -0.15) is 0 Å². The third kappa shape index (κ3) is 3.79. The minimum atomic E-state index is -0.465. The van der Waals surface area contributed by atoms with Gasteiger partial charge in [-0.3, -0.25) is 9.59 Å². The van der Waals surface area contributed by atoms with Gasteiger partial charge in [0.15, 0.2) is 11.5 Å².